The molecule has 0 aliphatic carbocycles. The molecule has 0 radical (unpaired) electrons. The molecule has 0 saturated carbocycles. The highest BCUT2D eigenvalue weighted by molar-refractivity contribution is 5.70. The fourth-order valence-electron chi connectivity index (χ4n) is 1.59. The Kier molecular flexibility index (Phi) is 4.61. The molecule has 0 spiro atoms. The Morgan fingerprint density at radius 2 is 1.94 bits per heavy atom. The van der Waals surface area contributed by atoms with Crippen LogP contribution in [0.4, 0.5) is 13.2 Å². The van der Waals surface area contributed by atoms with Gasteiger partial charge in [-0.3, -0.25) is 4.79 Å². The van der Waals surface area contributed by atoms with Crippen molar-refractivity contribution in [1.82, 2.24) is 5.32 Å². The number of nitrogens with one attached hydrogen (secondary N) is 1. The van der Waals surface area contributed by atoms with Gasteiger partial charge in [-0.15, -0.1) is 0 Å². The Balaban J connectivity index is 2.46. The summed E-state index contributed by atoms with van der Waals surface area (Å²) in [5.74, 6) is -0.558. The molecule has 2 atom stereocenters. The zero-order chi connectivity index (χ0) is 14.0. The second-order valence-electron chi connectivity index (χ2n) is 5.24. The first-order chi connectivity index (χ1) is 8.08. The molecule has 1 N–H and O–H groups in total. The van der Waals surface area contributed by atoms with Crippen LogP contribution in [0, 0.1) is 0 Å². The first-order valence-corrected chi connectivity index (χ1v) is 5.72. The quantitative estimate of drug-likeness (QED) is 0.774. The lowest BCUT2D eigenvalue weighted by atomic mass is 10.1. The van der Waals surface area contributed by atoms with E-state index in [1.54, 1.807) is 20.8 Å². The number of hydrogen-bond donors (Lipinski definition) is 1. The van der Waals surface area contributed by atoms with Crippen LogP contribution < -0.4 is 5.32 Å². The number of carbonyl (C=O) groups excluding carboxylic acids is 1. The van der Waals surface area contributed by atoms with E-state index in [1.807, 2.05) is 0 Å². The Morgan fingerprint density at radius 1 is 1.33 bits per heavy atom. The summed E-state index contributed by atoms with van der Waals surface area (Å²) in [6.07, 6.45) is -7.27. The van der Waals surface area contributed by atoms with E-state index >= 15 is 0 Å². The summed E-state index contributed by atoms with van der Waals surface area (Å²) >= 11 is 0. The van der Waals surface area contributed by atoms with Crippen LogP contribution >= 0.6 is 0 Å². The van der Waals surface area contributed by atoms with Crippen LogP contribution in [0.25, 0.3) is 0 Å². The molecule has 4 nitrogen and oxygen atoms in total. The summed E-state index contributed by atoms with van der Waals surface area (Å²) in [4.78, 5) is 11.5. The van der Waals surface area contributed by atoms with Gasteiger partial charge >= 0.3 is 12.1 Å². The molecule has 0 bridgehead atoms. The fourth-order valence-corrected chi connectivity index (χ4v) is 1.59. The monoisotopic (exact) mass is 269 g/mol. The lowest BCUT2D eigenvalue weighted by Gasteiger charge is -2.32. The maximum atomic E-state index is 12.4. The third-order valence-corrected chi connectivity index (χ3v) is 2.24. The molecule has 0 amide bonds. The van der Waals surface area contributed by atoms with Crippen LogP contribution in [-0.2, 0) is 14.3 Å². The van der Waals surface area contributed by atoms with Crippen LogP contribution in [-0.4, -0.2) is 43.0 Å². The number of halogens is 3. The molecule has 1 heterocycles. The highest BCUT2D eigenvalue weighted by atomic mass is 19.4. The average Bonchev–Trinajstić information content (AvgIpc) is 2.13. The second kappa shape index (κ2) is 5.44. The predicted octanol–water partition coefficient (Wildman–Crippen LogP) is 1.64. The normalized spacial score (nSPS) is 25.9. The van der Waals surface area contributed by atoms with Crippen LogP contribution in [0.15, 0.2) is 0 Å². The van der Waals surface area contributed by atoms with Crippen LogP contribution in [0.5, 0.6) is 0 Å². The van der Waals surface area contributed by atoms with Crippen molar-refractivity contribution >= 4 is 5.97 Å². The van der Waals surface area contributed by atoms with E-state index in [2.05, 4.69) is 5.32 Å². The Hall–Kier alpha value is -0.820. The Bertz CT molecular complexity index is 299. The molecule has 0 aromatic carbocycles. The zero-order valence-corrected chi connectivity index (χ0v) is 10.6. The number of alkyl halides is 3. The molecule has 0 aromatic rings. The number of ether oxygens (including phenoxy) is 2. The van der Waals surface area contributed by atoms with E-state index in [9.17, 15) is 18.0 Å². The van der Waals surface area contributed by atoms with Gasteiger partial charge in [0.05, 0.1) is 12.5 Å². The summed E-state index contributed by atoms with van der Waals surface area (Å²) in [6, 6.07) is 0. The molecule has 0 aromatic heterocycles. The molecule has 2 unspecified atom stereocenters. The van der Waals surface area contributed by atoms with Gasteiger partial charge in [-0.2, -0.15) is 13.2 Å². The van der Waals surface area contributed by atoms with E-state index in [0.717, 1.165) is 0 Å². The smallest absolute Gasteiger partial charge is 0.415 e. The van der Waals surface area contributed by atoms with E-state index < -0.39 is 30.0 Å². The van der Waals surface area contributed by atoms with E-state index in [4.69, 9.17) is 9.47 Å². The van der Waals surface area contributed by atoms with Gasteiger partial charge in [0.2, 0.25) is 0 Å². The lowest BCUT2D eigenvalue weighted by molar-refractivity contribution is -0.241. The Labute approximate surface area is 104 Å². The van der Waals surface area contributed by atoms with Gasteiger partial charge < -0.3 is 14.8 Å². The van der Waals surface area contributed by atoms with Crippen molar-refractivity contribution in [2.75, 3.05) is 13.1 Å². The molecule has 18 heavy (non-hydrogen) atoms. The summed E-state index contributed by atoms with van der Waals surface area (Å²) in [5, 5.41) is 2.61. The van der Waals surface area contributed by atoms with Gasteiger partial charge in [-0.25, -0.2) is 0 Å². The van der Waals surface area contributed by atoms with Crippen molar-refractivity contribution in [1.29, 1.82) is 0 Å². The highest BCUT2D eigenvalue weighted by Gasteiger charge is 2.44. The van der Waals surface area contributed by atoms with Crippen molar-refractivity contribution < 1.29 is 27.4 Å². The minimum atomic E-state index is -4.42. The van der Waals surface area contributed by atoms with Gasteiger partial charge in [-0.05, 0) is 20.8 Å². The largest absolute Gasteiger partial charge is 0.460 e. The van der Waals surface area contributed by atoms with E-state index in [0.29, 0.717) is 0 Å². The van der Waals surface area contributed by atoms with Gasteiger partial charge in [0.1, 0.15) is 5.60 Å². The molecule has 1 saturated heterocycles. The van der Waals surface area contributed by atoms with Crippen molar-refractivity contribution in [2.45, 2.75) is 51.2 Å². The maximum absolute atomic E-state index is 12.4. The summed E-state index contributed by atoms with van der Waals surface area (Å²) in [6.45, 7) is 5.02. The topological polar surface area (TPSA) is 47.6 Å². The van der Waals surface area contributed by atoms with Crippen molar-refractivity contribution in [2.24, 2.45) is 0 Å². The van der Waals surface area contributed by atoms with Crippen molar-refractivity contribution in [3.05, 3.63) is 0 Å². The van der Waals surface area contributed by atoms with Crippen molar-refractivity contribution in [3.63, 3.8) is 0 Å². The zero-order valence-electron chi connectivity index (χ0n) is 10.6. The summed E-state index contributed by atoms with van der Waals surface area (Å²) in [5.41, 5.74) is -0.650. The molecule has 1 fully saturated rings. The molecular weight excluding hydrogens is 251 g/mol. The molecule has 7 heteroatoms. The summed E-state index contributed by atoms with van der Waals surface area (Å²) in [7, 11) is 0. The van der Waals surface area contributed by atoms with Gasteiger partial charge in [-0.1, -0.05) is 0 Å². The van der Waals surface area contributed by atoms with Gasteiger partial charge in [0.15, 0.2) is 6.10 Å². The van der Waals surface area contributed by atoms with Crippen LogP contribution in [0.3, 0.4) is 0 Å². The predicted molar refractivity (Wildman–Crippen MR) is 58.0 cm³/mol. The third kappa shape index (κ3) is 5.22. The van der Waals surface area contributed by atoms with E-state index in [1.165, 1.54) is 0 Å². The minimum Gasteiger partial charge on any atom is -0.460 e. The maximum Gasteiger partial charge on any atom is 0.415 e. The number of morpholine rings is 1. The molecule has 1 rings (SSSR count). The first kappa shape index (κ1) is 15.2. The number of rotatable bonds is 2. The fraction of sp³-hybridized carbons (Fsp3) is 0.909. The highest BCUT2D eigenvalue weighted by Crippen LogP contribution is 2.26. The molecule has 1 aliphatic rings. The standard InChI is InChI=1S/C11H18F3NO3/c1-10(2,3)18-9(16)4-7-5-15-6-8(17-7)11(12,13)14/h7-8,15H,4-6H2,1-3H3. The Morgan fingerprint density at radius 3 is 2.44 bits per heavy atom. The SMILES string of the molecule is CC(C)(C)OC(=O)CC1CNCC(C(F)(F)F)O1. The molecule has 1 aliphatic heterocycles. The van der Waals surface area contributed by atoms with Gasteiger partial charge in [0, 0.05) is 13.1 Å². The molecular formula is C11H18F3NO3. The summed E-state index contributed by atoms with van der Waals surface area (Å²) < 4.78 is 47.2. The number of hydrogen-bond acceptors (Lipinski definition) is 4. The average molecular weight is 269 g/mol. The van der Waals surface area contributed by atoms with Crippen LogP contribution in [0.1, 0.15) is 27.2 Å². The van der Waals surface area contributed by atoms with Gasteiger partial charge in [0.25, 0.3) is 0 Å². The number of carbonyl (C=O) groups is 1. The first-order valence-electron chi connectivity index (χ1n) is 5.72. The lowest BCUT2D eigenvalue weighted by Crippen LogP contribution is -2.51. The van der Waals surface area contributed by atoms with E-state index in [-0.39, 0.29) is 19.5 Å². The number of esters is 1. The van der Waals surface area contributed by atoms with Crippen LogP contribution in [0.2, 0.25) is 0 Å². The molecule has 106 valence electrons. The van der Waals surface area contributed by atoms with Crippen molar-refractivity contribution in [3.8, 4) is 0 Å². The third-order valence-electron chi connectivity index (χ3n) is 2.24. The minimum absolute atomic E-state index is 0.184. The second-order valence-corrected chi connectivity index (χ2v) is 5.24.